The van der Waals surface area contributed by atoms with Gasteiger partial charge in [-0.3, -0.25) is 11.7 Å². The third kappa shape index (κ3) is 119. The molecule has 0 saturated carbocycles. The van der Waals surface area contributed by atoms with Gasteiger partial charge in [0.25, 0.3) is 0 Å². The minimum atomic E-state index is 0. The molecule has 0 rings (SSSR count). The summed E-state index contributed by atoms with van der Waals surface area (Å²) in [6.45, 7) is 0. The van der Waals surface area contributed by atoms with E-state index in [9.17, 15) is 0 Å². The van der Waals surface area contributed by atoms with E-state index in [4.69, 9.17) is 0 Å². The Morgan fingerprint density at radius 3 is 0.667 bits per heavy atom. The second-order valence-electron chi connectivity index (χ2n) is 0. The molecule has 0 aliphatic heterocycles. The van der Waals surface area contributed by atoms with Gasteiger partial charge in [-0.25, -0.2) is 0 Å². The first-order valence-electron chi connectivity index (χ1n) is 0.333. The molecule has 0 fully saturated rings. The number of halogens is 3. The van der Waals surface area contributed by atoms with Crippen molar-refractivity contribution in [3.8, 4) is 0 Å². The highest BCUT2D eigenvalue weighted by atomic mass is 35.5. The Kier molecular flexibility index (Phi) is 2800. The van der Waals surface area contributed by atoms with E-state index in [0.29, 0.717) is 0 Å². The lowest BCUT2D eigenvalue weighted by atomic mass is 13.0. The molecule has 6 N–H and O–H groups in total. The van der Waals surface area contributed by atoms with Crippen molar-refractivity contribution in [1.29, 1.82) is 0 Å². The Bertz CT molecular complexity index is 8.75. The summed E-state index contributed by atoms with van der Waals surface area (Å²) in [6.07, 6.45) is 0. The lowest BCUT2D eigenvalue weighted by molar-refractivity contribution is 0.824. The van der Waals surface area contributed by atoms with Gasteiger partial charge in [0, 0.05) is 0 Å². The molecule has 3 nitrogen and oxygen atoms in total. The number of hydrogen-bond acceptors (Lipinski definition) is 2. The standard InChI is InChI=1S/3ClH.H4N2.H2O/c;;;1-2;/h3*1H;1-2H2;1H2. The van der Waals surface area contributed by atoms with Crippen LogP contribution in [-0.4, -0.2) is 5.48 Å². The second-order valence-corrected chi connectivity index (χ2v) is 0. The summed E-state index contributed by atoms with van der Waals surface area (Å²) >= 11 is 0. The molecule has 0 unspecified atom stereocenters. The van der Waals surface area contributed by atoms with Crippen molar-refractivity contribution in [2.45, 2.75) is 0 Å². The smallest absolute Gasteiger partial charge is 0.147 e. The molecule has 46 valence electrons. The van der Waals surface area contributed by atoms with Crippen LogP contribution in [0.25, 0.3) is 0 Å². The highest BCUT2D eigenvalue weighted by molar-refractivity contribution is 5.86. The van der Waals surface area contributed by atoms with E-state index in [1.54, 1.807) is 0 Å². The maximum absolute atomic E-state index is 4.00. The zero-order chi connectivity index (χ0) is 2.00. The summed E-state index contributed by atoms with van der Waals surface area (Å²) in [6, 6.07) is 0. The number of nitrogens with two attached hydrogens (primary N) is 2. The van der Waals surface area contributed by atoms with Crippen LogP contribution in [0.15, 0.2) is 0 Å². The Morgan fingerprint density at radius 2 is 0.667 bits per heavy atom. The monoisotopic (exact) mass is 158 g/mol. The molecule has 0 aromatic carbocycles. The zero-order valence-electron chi connectivity index (χ0n) is 2.88. The van der Waals surface area contributed by atoms with E-state index in [1.807, 2.05) is 0 Å². The van der Waals surface area contributed by atoms with Gasteiger partial charge in [-0.15, -0.1) is 37.2 Å². The average molecular weight is 159 g/mol. The quantitative estimate of drug-likeness (QED) is 0.360. The summed E-state index contributed by atoms with van der Waals surface area (Å²) in [7, 11) is 0. The van der Waals surface area contributed by atoms with Crippen LogP contribution in [0.1, 0.15) is 0 Å². The maximum atomic E-state index is 4.00. The third-order valence-corrected chi connectivity index (χ3v) is 0. The van der Waals surface area contributed by atoms with Gasteiger partial charge in [-0.1, -0.05) is 0 Å². The highest BCUT2D eigenvalue weighted by Gasteiger charge is 0.726. The molecule has 6 heteroatoms. The average Bonchev–Trinajstić information content (AvgIpc) is 1.00. The number of hydrogen-bond donors (Lipinski definition) is 2. The lowest BCUT2D eigenvalue weighted by Gasteiger charge is -1.27. The van der Waals surface area contributed by atoms with Crippen LogP contribution in [0, 0.1) is 0 Å². The van der Waals surface area contributed by atoms with Crippen LogP contribution in [0.2, 0.25) is 0 Å². The Labute approximate surface area is 55.0 Å². The minimum Gasteiger partial charge on any atom is -0.412 e. The molecule has 0 aliphatic carbocycles. The molecule has 0 saturated heterocycles. The Hall–Kier alpha value is 0.750. The molecule has 0 aliphatic rings. The van der Waals surface area contributed by atoms with Gasteiger partial charge in [-0.05, 0) is 0 Å². The van der Waals surface area contributed by atoms with Crippen LogP contribution in [-0.2, 0) is 0 Å². The van der Waals surface area contributed by atoms with E-state index in [2.05, 4.69) is 11.7 Å². The van der Waals surface area contributed by atoms with Crippen molar-refractivity contribution < 1.29 is 5.48 Å². The van der Waals surface area contributed by atoms with Crippen molar-refractivity contribution >= 4 is 37.2 Å². The number of rotatable bonds is 0. The predicted molar refractivity (Wildman–Crippen MR) is 33.7 cm³/mol. The SMILES string of the molecule is Cl.Cl.Cl.NN.O. The summed E-state index contributed by atoms with van der Waals surface area (Å²) < 4.78 is 0. The van der Waals surface area contributed by atoms with Crippen molar-refractivity contribution in [2.24, 2.45) is 11.7 Å². The Balaban J connectivity index is -0.000000000833. The van der Waals surface area contributed by atoms with Gasteiger partial charge in [0.15, 0.2) is 0 Å². The first-order valence-corrected chi connectivity index (χ1v) is 0.333. The first-order chi connectivity index (χ1) is 1.00. The van der Waals surface area contributed by atoms with Crippen molar-refractivity contribution in [2.75, 3.05) is 0 Å². The van der Waals surface area contributed by atoms with Crippen LogP contribution in [0.5, 0.6) is 0 Å². The van der Waals surface area contributed by atoms with E-state index < -0.39 is 0 Å². The molecule has 0 amide bonds. The molecule has 6 heavy (non-hydrogen) atoms. The topological polar surface area (TPSA) is 83.5 Å². The highest BCUT2D eigenvalue weighted by Crippen LogP contribution is 0.692. The Morgan fingerprint density at radius 1 is 0.667 bits per heavy atom. The predicted octanol–water partition coefficient (Wildman–Crippen LogP) is -0.740. The molecular weight excluding hydrogens is 150 g/mol. The van der Waals surface area contributed by atoms with E-state index in [-0.39, 0.29) is 42.7 Å². The summed E-state index contributed by atoms with van der Waals surface area (Å²) in [5.41, 5.74) is 0. The molecule has 0 bridgehead atoms. The molecular formula is H9Cl3N2O. The first kappa shape index (κ1) is 72.9. The number of hydrazine groups is 1. The van der Waals surface area contributed by atoms with Gasteiger partial charge in [0.1, 0.15) is 0 Å². The van der Waals surface area contributed by atoms with E-state index >= 15 is 0 Å². The largest absolute Gasteiger partial charge is 0.412 e. The molecule has 0 aromatic rings. The summed E-state index contributed by atoms with van der Waals surface area (Å²) in [4.78, 5) is 0. The minimum absolute atomic E-state index is 0. The lowest BCUT2D eigenvalue weighted by Crippen LogP contribution is -2.02. The van der Waals surface area contributed by atoms with E-state index in [0.717, 1.165) is 0 Å². The summed E-state index contributed by atoms with van der Waals surface area (Å²) in [5, 5.41) is 0. The molecule has 0 atom stereocenters. The normalized spacial score (nSPS) is 1.00. The molecule has 0 spiro atoms. The van der Waals surface area contributed by atoms with Crippen LogP contribution >= 0.6 is 37.2 Å². The zero-order valence-corrected chi connectivity index (χ0v) is 5.33. The third-order valence-electron chi connectivity index (χ3n) is 0. The van der Waals surface area contributed by atoms with Gasteiger partial charge < -0.3 is 5.48 Å². The fourth-order valence-corrected chi connectivity index (χ4v) is 0. The van der Waals surface area contributed by atoms with Gasteiger partial charge in [0.2, 0.25) is 0 Å². The van der Waals surface area contributed by atoms with Crippen molar-refractivity contribution in [3.63, 3.8) is 0 Å². The summed E-state index contributed by atoms with van der Waals surface area (Å²) in [5.74, 6) is 8.00. The molecule has 0 radical (unpaired) electrons. The van der Waals surface area contributed by atoms with Crippen LogP contribution < -0.4 is 11.7 Å². The van der Waals surface area contributed by atoms with Gasteiger partial charge in [-0.2, -0.15) is 0 Å². The maximum Gasteiger partial charge on any atom is -0.147 e. The molecule has 0 heterocycles. The van der Waals surface area contributed by atoms with Gasteiger partial charge in [0.05, 0.1) is 0 Å². The molecule has 0 aromatic heterocycles. The van der Waals surface area contributed by atoms with Gasteiger partial charge >= 0.3 is 0 Å². The van der Waals surface area contributed by atoms with Crippen LogP contribution in [0.4, 0.5) is 0 Å². The second kappa shape index (κ2) is 231. The fraction of sp³-hybridized carbons (Fsp3) is 0. The fourth-order valence-electron chi connectivity index (χ4n) is 0. The van der Waals surface area contributed by atoms with Crippen molar-refractivity contribution in [1.82, 2.24) is 0 Å². The van der Waals surface area contributed by atoms with Crippen LogP contribution in [0.3, 0.4) is 0 Å². The van der Waals surface area contributed by atoms with E-state index in [1.165, 1.54) is 0 Å². The van der Waals surface area contributed by atoms with Crippen molar-refractivity contribution in [3.05, 3.63) is 0 Å².